The van der Waals surface area contributed by atoms with Crippen LogP contribution in [-0.4, -0.2) is 65.1 Å². The average molecular weight is 385 g/mol. The number of carbonyl (C=O) groups excluding carboxylic acids is 1. The standard InChI is InChI=1S/C17H27N3O5S/c1-13(2)11-18-12-17(21)19-15-10-14(4-5-16(15)24-3)26(22,23)20-6-8-25-9-7-20/h4-5,10,13,18H,6-9,11-12H2,1-3H3,(H,19,21). The SMILES string of the molecule is COc1ccc(S(=O)(=O)N2CCOCC2)cc1NC(=O)CNCC(C)C. The van der Waals surface area contributed by atoms with Crippen LogP contribution in [0, 0.1) is 5.92 Å². The molecule has 2 N–H and O–H groups in total. The molecule has 8 nitrogen and oxygen atoms in total. The van der Waals surface area contributed by atoms with Gasteiger partial charge in [0.15, 0.2) is 0 Å². The van der Waals surface area contributed by atoms with Crippen LogP contribution in [0.4, 0.5) is 5.69 Å². The number of sulfonamides is 1. The molecule has 1 aliphatic rings. The molecular formula is C17H27N3O5S. The molecule has 1 aromatic carbocycles. The summed E-state index contributed by atoms with van der Waals surface area (Å²) in [6.45, 7) is 6.34. The highest BCUT2D eigenvalue weighted by Crippen LogP contribution is 2.29. The third-order valence-corrected chi connectivity index (χ3v) is 5.79. The first-order chi connectivity index (χ1) is 12.3. The number of morpholine rings is 1. The number of methoxy groups -OCH3 is 1. The highest BCUT2D eigenvalue weighted by molar-refractivity contribution is 7.89. The number of carbonyl (C=O) groups is 1. The largest absolute Gasteiger partial charge is 0.495 e. The van der Waals surface area contributed by atoms with E-state index in [0.29, 0.717) is 43.7 Å². The summed E-state index contributed by atoms with van der Waals surface area (Å²) in [7, 11) is -2.17. The Labute approximate surface area is 154 Å². The fraction of sp³-hybridized carbons (Fsp3) is 0.588. The normalized spacial score (nSPS) is 15.8. The van der Waals surface area contributed by atoms with Gasteiger partial charge in [-0.3, -0.25) is 4.79 Å². The quantitative estimate of drug-likeness (QED) is 0.690. The zero-order valence-corrected chi connectivity index (χ0v) is 16.3. The Bertz CT molecular complexity index is 715. The lowest BCUT2D eigenvalue weighted by Gasteiger charge is -2.26. The van der Waals surface area contributed by atoms with E-state index in [4.69, 9.17) is 9.47 Å². The summed E-state index contributed by atoms with van der Waals surface area (Å²) in [6.07, 6.45) is 0. The molecule has 1 fully saturated rings. The maximum absolute atomic E-state index is 12.8. The van der Waals surface area contributed by atoms with Crippen molar-refractivity contribution in [3.8, 4) is 5.75 Å². The van der Waals surface area contributed by atoms with E-state index in [-0.39, 0.29) is 17.3 Å². The Morgan fingerprint density at radius 2 is 2.00 bits per heavy atom. The van der Waals surface area contributed by atoms with Crippen molar-refractivity contribution in [1.29, 1.82) is 0 Å². The van der Waals surface area contributed by atoms with Gasteiger partial charge in [-0.15, -0.1) is 0 Å². The minimum absolute atomic E-state index is 0.116. The van der Waals surface area contributed by atoms with E-state index in [0.717, 1.165) is 6.54 Å². The molecule has 9 heteroatoms. The lowest BCUT2D eigenvalue weighted by molar-refractivity contribution is -0.115. The molecule has 0 radical (unpaired) electrons. The van der Waals surface area contributed by atoms with E-state index < -0.39 is 10.0 Å². The van der Waals surface area contributed by atoms with E-state index in [9.17, 15) is 13.2 Å². The molecular weight excluding hydrogens is 358 g/mol. The van der Waals surface area contributed by atoms with Gasteiger partial charge in [0.1, 0.15) is 5.75 Å². The van der Waals surface area contributed by atoms with Gasteiger partial charge in [0.05, 0.1) is 37.5 Å². The maximum Gasteiger partial charge on any atom is 0.243 e. The molecule has 0 unspecified atom stereocenters. The van der Waals surface area contributed by atoms with Gasteiger partial charge in [0.25, 0.3) is 0 Å². The van der Waals surface area contributed by atoms with Crippen LogP contribution >= 0.6 is 0 Å². The average Bonchev–Trinajstić information content (AvgIpc) is 2.62. The van der Waals surface area contributed by atoms with Crippen molar-refractivity contribution in [1.82, 2.24) is 9.62 Å². The van der Waals surface area contributed by atoms with E-state index in [2.05, 4.69) is 10.6 Å². The molecule has 0 aromatic heterocycles. The van der Waals surface area contributed by atoms with Gasteiger partial charge in [-0.05, 0) is 30.7 Å². The van der Waals surface area contributed by atoms with Crippen molar-refractivity contribution in [3.05, 3.63) is 18.2 Å². The van der Waals surface area contributed by atoms with Gasteiger partial charge in [-0.2, -0.15) is 4.31 Å². The Balaban J connectivity index is 2.15. The van der Waals surface area contributed by atoms with Crippen LogP contribution in [0.2, 0.25) is 0 Å². The van der Waals surface area contributed by atoms with Gasteiger partial charge < -0.3 is 20.1 Å². The molecule has 1 heterocycles. The van der Waals surface area contributed by atoms with Gasteiger partial charge in [0, 0.05) is 13.1 Å². The van der Waals surface area contributed by atoms with Crippen molar-refractivity contribution in [3.63, 3.8) is 0 Å². The summed E-state index contributed by atoms with van der Waals surface area (Å²) >= 11 is 0. The van der Waals surface area contributed by atoms with Crippen molar-refractivity contribution < 1.29 is 22.7 Å². The Kier molecular flexibility index (Phi) is 7.39. The number of nitrogens with zero attached hydrogens (tertiary/aromatic N) is 1. The van der Waals surface area contributed by atoms with Crippen LogP contribution < -0.4 is 15.4 Å². The number of ether oxygens (including phenoxy) is 2. The third kappa shape index (κ3) is 5.41. The second-order valence-corrected chi connectivity index (χ2v) is 8.39. The zero-order chi connectivity index (χ0) is 19.2. The molecule has 0 saturated carbocycles. The molecule has 1 saturated heterocycles. The Morgan fingerprint density at radius 3 is 2.62 bits per heavy atom. The number of anilines is 1. The van der Waals surface area contributed by atoms with Crippen molar-refractivity contribution in [2.75, 3.05) is 51.8 Å². The van der Waals surface area contributed by atoms with E-state index in [1.54, 1.807) is 6.07 Å². The first-order valence-corrected chi connectivity index (χ1v) is 10.0. The monoisotopic (exact) mass is 385 g/mol. The van der Waals surface area contributed by atoms with E-state index in [1.807, 2.05) is 13.8 Å². The molecule has 2 rings (SSSR count). The van der Waals surface area contributed by atoms with Crippen LogP contribution in [0.5, 0.6) is 5.75 Å². The highest BCUT2D eigenvalue weighted by Gasteiger charge is 2.27. The van der Waals surface area contributed by atoms with Gasteiger partial charge in [-0.25, -0.2) is 8.42 Å². The third-order valence-electron chi connectivity index (χ3n) is 3.89. The van der Waals surface area contributed by atoms with Crippen molar-refractivity contribution in [2.45, 2.75) is 18.7 Å². The van der Waals surface area contributed by atoms with Gasteiger partial charge >= 0.3 is 0 Å². The molecule has 146 valence electrons. The lowest BCUT2D eigenvalue weighted by atomic mass is 10.2. The topological polar surface area (TPSA) is 97.0 Å². The number of rotatable bonds is 8. The number of amides is 1. The maximum atomic E-state index is 12.8. The summed E-state index contributed by atoms with van der Waals surface area (Å²) in [5.41, 5.74) is 0.332. The molecule has 0 aliphatic carbocycles. The molecule has 1 aromatic rings. The second-order valence-electron chi connectivity index (χ2n) is 6.45. The molecule has 0 bridgehead atoms. The lowest BCUT2D eigenvalue weighted by Crippen LogP contribution is -2.40. The van der Waals surface area contributed by atoms with Crippen LogP contribution in [0.15, 0.2) is 23.1 Å². The zero-order valence-electron chi connectivity index (χ0n) is 15.4. The minimum Gasteiger partial charge on any atom is -0.495 e. The van der Waals surface area contributed by atoms with Crippen LogP contribution in [0.1, 0.15) is 13.8 Å². The van der Waals surface area contributed by atoms with Crippen molar-refractivity contribution >= 4 is 21.6 Å². The van der Waals surface area contributed by atoms with E-state index in [1.165, 1.54) is 23.5 Å². The predicted octanol–water partition coefficient (Wildman–Crippen LogP) is 0.900. The van der Waals surface area contributed by atoms with Crippen LogP contribution in [-0.2, 0) is 19.6 Å². The number of hydrogen-bond donors (Lipinski definition) is 2. The minimum atomic E-state index is -3.64. The number of benzene rings is 1. The molecule has 1 amide bonds. The first kappa shape index (κ1) is 20.6. The van der Waals surface area contributed by atoms with E-state index >= 15 is 0 Å². The number of hydrogen-bond acceptors (Lipinski definition) is 6. The summed E-state index contributed by atoms with van der Waals surface area (Å²) in [5, 5.41) is 5.76. The fourth-order valence-corrected chi connectivity index (χ4v) is 3.98. The highest BCUT2D eigenvalue weighted by atomic mass is 32.2. The predicted molar refractivity (Wildman–Crippen MR) is 98.9 cm³/mol. The Morgan fingerprint density at radius 1 is 1.31 bits per heavy atom. The first-order valence-electron chi connectivity index (χ1n) is 8.61. The second kappa shape index (κ2) is 9.31. The van der Waals surface area contributed by atoms with Gasteiger partial charge in [-0.1, -0.05) is 13.8 Å². The summed E-state index contributed by atoms with van der Waals surface area (Å²) < 4.78 is 37.4. The molecule has 0 atom stereocenters. The number of nitrogens with one attached hydrogen (secondary N) is 2. The van der Waals surface area contributed by atoms with Crippen molar-refractivity contribution in [2.24, 2.45) is 5.92 Å². The van der Waals surface area contributed by atoms with Crippen LogP contribution in [0.25, 0.3) is 0 Å². The summed E-state index contributed by atoms with van der Waals surface area (Å²) in [6, 6.07) is 4.46. The fourth-order valence-electron chi connectivity index (χ4n) is 2.55. The summed E-state index contributed by atoms with van der Waals surface area (Å²) in [5.74, 6) is 0.576. The Hall–Kier alpha value is -1.68. The summed E-state index contributed by atoms with van der Waals surface area (Å²) in [4.78, 5) is 12.2. The molecule has 26 heavy (non-hydrogen) atoms. The van der Waals surface area contributed by atoms with Gasteiger partial charge in [0.2, 0.25) is 15.9 Å². The molecule has 0 spiro atoms. The smallest absolute Gasteiger partial charge is 0.243 e. The molecule has 1 aliphatic heterocycles. The van der Waals surface area contributed by atoms with Crippen LogP contribution in [0.3, 0.4) is 0 Å².